The molecule has 18 heteroatoms. The number of rotatable bonds is 24. The van der Waals surface area contributed by atoms with E-state index < -0.39 is 36.8 Å². The third-order valence-electron chi connectivity index (χ3n) is 12.3. The molecule has 1 aliphatic heterocycles. The van der Waals surface area contributed by atoms with Gasteiger partial charge in [0.25, 0.3) is 14.2 Å². The number of benzene rings is 5. The molecular weight excluding hydrogens is 933 g/mol. The van der Waals surface area contributed by atoms with Crippen molar-refractivity contribution in [2.24, 2.45) is 10.2 Å². The molecule has 1 aliphatic rings. The lowest BCUT2D eigenvalue weighted by molar-refractivity contribution is -0.384. The largest absolute Gasteiger partial charge is 0.497 e. The van der Waals surface area contributed by atoms with Gasteiger partial charge in [0, 0.05) is 49.4 Å². The van der Waals surface area contributed by atoms with E-state index in [1.807, 2.05) is 110 Å². The molecule has 0 bridgehead atoms. The number of ether oxygens (including phenoxy) is 3. The van der Waals surface area contributed by atoms with Gasteiger partial charge in [-0.1, -0.05) is 66.2 Å². The fourth-order valence-electron chi connectivity index (χ4n) is 8.88. The Labute approximate surface area is 416 Å². The summed E-state index contributed by atoms with van der Waals surface area (Å²) in [6.45, 7) is 11.5. The number of halogens is 1. The molecule has 0 spiro atoms. The molecule has 0 aromatic heterocycles. The number of hydrogen-bond acceptors (Lipinski definition) is 13. The van der Waals surface area contributed by atoms with Crippen LogP contribution in [-0.2, 0) is 19.4 Å². The first-order chi connectivity index (χ1) is 33.7. The highest BCUT2D eigenvalue weighted by atomic mass is 35.5. The summed E-state index contributed by atoms with van der Waals surface area (Å²) in [6, 6.07) is 39.0. The van der Waals surface area contributed by atoms with Crippen molar-refractivity contribution >= 4 is 49.0 Å². The van der Waals surface area contributed by atoms with Crippen LogP contribution < -0.4 is 14.4 Å². The van der Waals surface area contributed by atoms with Crippen LogP contribution in [0.15, 0.2) is 132 Å². The summed E-state index contributed by atoms with van der Waals surface area (Å²) in [7, 11) is 1.52. The molecule has 1 unspecified atom stereocenters. The lowest BCUT2D eigenvalue weighted by atomic mass is 9.79. The van der Waals surface area contributed by atoms with E-state index in [4.69, 9.17) is 34.9 Å². The molecule has 1 N–H and O–H groups in total. The molecule has 5 aromatic carbocycles. The number of likely N-dealkylation sites (tertiary alicyclic amines) is 1. The maximum absolute atomic E-state index is 13.8. The smallest absolute Gasteiger partial charge is 0.407 e. The van der Waals surface area contributed by atoms with E-state index in [-0.39, 0.29) is 55.4 Å². The number of azo groups is 1. The summed E-state index contributed by atoms with van der Waals surface area (Å²) < 4.78 is 34.1. The van der Waals surface area contributed by atoms with Crippen molar-refractivity contribution in [1.29, 1.82) is 5.26 Å². The third kappa shape index (κ3) is 12.6. The minimum atomic E-state index is -1.71. The molecule has 1 heterocycles. The lowest BCUT2D eigenvalue weighted by Crippen LogP contribution is -2.53. The number of nitriles is 1. The summed E-state index contributed by atoms with van der Waals surface area (Å²) >= 11 is 6.27. The molecule has 3 atom stereocenters. The predicted molar refractivity (Wildman–Crippen MR) is 272 cm³/mol. The first kappa shape index (κ1) is 53.2. The molecule has 70 heavy (non-hydrogen) atoms. The molecule has 1 amide bonds. The van der Waals surface area contributed by atoms with Gasteiger partial charge in [-0.3, -0.25) is 15.0 Å². The number of nitro benzene ring substituents is 1. The summed E-state index contributed by atoms with van der Waals surface area (Å²) in [4.78, 5) is 28.1. The number of carboxylic acid groups (broad SMARTS) is 1. The van der Waals surface area contributed by atoms with E-state index >= 15 is 0 Å². The topological polar surface area (TPSA) is 185 Å². The molecule has 0 aliphatic carbocycles. The van der Waals surface area contributed by atoms with Crippen LogP contribution in [0, 0.1) is 21.4 Å². The predicted octanol–water partition coefficient (Wildman–Crippen LogP) is 12.7. The van der Waals surface area contributed by atoms with Crippen molar-refractivity contribution < 1.29 is 38.1 Å². The highest BCUT2D eigenvalue weighted by Crippen LogP contribution is 2.51. The summed E-state index contributed by atoms with van der Waals surface area (Å²) in [5, 5.41) is 40.5. The molecule has 0 saturated carbocycles. The molecule has 370 valence electrons. The normalized spacial score (nSPS) is 16.5. The molecule has 16 nitrogen and oxygen atoms in total. The van der Waals surface area contributed by atoms with Gasteiger partial charge >= 0.3 is 6.09 Å². The van der Waals surface area contributed by atoms with Crippen LogP contribution in [-0.4, -0.2) is 96.5 Å². The maximum atomic E-state index is 13.8. The monoisotopic (exact) mass is 993 g/mol. The number of nitro groups is 1. The van der Waals surface area contributed by atoms with E-state index in [0.717, 1.165) is 22.4 Å². The van der Waals surface area contributed by atoms with Crippen LogP contribution in [0.4, 0.5) is 27.5 Å². The van der Waals surface area contributed by atoms with Crippen molar-refractivity contribution in [3.8, 4) is 17.6 Å². The van der Waals surface area contributed by atoms with Gasteiger partial charge < -0.3 is 33.3 Å². The second-order valence-corrected chi connectivity index (χ2v) is 19.1. The van der Waals surface area contributed by atoms with Crippen LogP contribution in [0.3, 0.4) is 0 Å². The van der Waals surface area contributed by atoms with Crippen molar-refractivity contribution in [3.05, 3.63) is 153 Å². The molecule has 6 rings (SSSR count). The Balaban J connectivity index is 1.41. The molecular formula is C52H61ClN7O9P. The Kier molecular flexibility index (Phi) is 18.7. The van der Waals surface area contributed by atoms with Gasteiger partial charge in [0.05, 0.1) is 73.7 Å². The number of hydrogen-bond donors (Lipinski definition) is 1. The van der Waals surface area contributed by atoms with Gasteiger partial charge in [0.1, 0.15) is 22.8 Å². The Morgan fingerprint density at radius 1 is 0.929 bits per heavy atom. The number of amides is 1. The number of methoxy groups -OCH3 is 2. The Morgan fingerprint density at radius 3 is 2.04 bits per heavy atom. The first-order valence-electron chi connectivity index (χ1n) is 23.1. The van der Waals surface area contributed by atoms with Crippen molar-refractivity contribution in [2.45, 2.75) is 83.2 Å². The van der Waals surface area contributed by atoms with E-state index in [0.29, 0.717) is 42.4 Å². The second-order valence-electron chi connectivity index (χ2n) is 17.3. The van der Waals surface area contributed by atoms with Crippen molar-refractivity contribution in [2.75, 3.05) is 52.0 Å². The number of anilines is 1. The van der Waals surface area contributed by atoms with Crippen LogP contribution in [0.2, 0.25) is 5.02 Å². The first-order valence-corrected chi connectivity index (χ1v) is 24.6. The van der Waals surface area contributed by atoms with E-state index in [2.05, 4.69) is 53.6 Å². The Bertz CT molecular complexity index is 2510. The van der Waals surface area contributed by atoms with Gasteiger partial charge in [0.15, 0.2) is 0 Å². The van der Waals surface area contributed by atoms with E-state index in [1.165, 1.54) is 23.1 Å². The SMILES string of the molecule is CCN(CC[C@@]1(COC(c2ccccc2)(c2ccc(OC)cc2)c2ccc(OC)cc2)C[C@@H](OP(OCCC#N)N(C(C)C)C(C)C)CN1C(=O)O)c1ccc(N=Nc2ccc([N+](=O)[O-])cc2Cl)cc1. The van der Waals surface area contributed by atoms with Gasteiger partial charge in [0.2, 0.25) is 0 Å². The fourth-order valence-corrected chi connectivity index (χ4v) is 10.8. The quantitative estimate of drug-likeness (QED) is 0.0154. The summed E-state index contributed by atoms with van der Waals surface area (Å²) in [6.07, 6.45) is -0.904. The molecule has 5 aromatic rings. The van der Waals surface area contributed by atoms with Gasteiger partial charge in [-0.05, 0) is 112 Å². The fraction of sp³-hybridized carbons (Fsp3) is 0.385. The van der Waals surface area contributed by atoms with Gasteiger partial charge in [-0.2, -0.15) is 10.4 Å². The van der Waals surface area contributed by atoms with Crippen LogP contribution >= 0.6 is 20.1 Å². The maximum Gasteiger partial charge on any atom is 0.407 e. The zero-order valence-corrected chi connectivity index (χ0v) is 42.3. The van der Waals surface area contributed by atoms with Gasteiger partial charge in [-0.25, -0.2) is 9.46 Å². The minimum Gasteiger partial charge on any atom is -0.497 e. The number of non-ortho nitro benzene ring substituents is 1. The van der Waals surface area contributed by atoms with E-state index in [9.17, 15) is 25.3 Å². The average Bonchev–Trinajstić information content (AvgIpc) is 3.72. The zero-order valence-electron chi connectivity index (χ0n) is 40.6. The van der Waals surface area contributed by atoms with Crippen LogP contribution in [0.25, 0.3) is 0 Å². The van der Waals surface area contributed by atoms with E-state index in [1.54, 1.807) is 14.2 Å². The third-order valence-corrected chi connectivity index (χ3v) is 14.8. The second kappa shape index (κ2) is 24.6. The van der Waals surface area contributed by atoms with Gasteiger partial charge in [-0.15, -0.1) is 5.11 Å². The average molecular weight is 995 g/mol. The Morgan fingerprint density at radius 2 is 1.53 bits per heavy atom. The lowest BCUT2D eigenvalue weighted by Gasteiger charge is -2.43. The van der Waals surface area contributed by atoms with Crippen molar-refractivity contribution in [3.63, 3.8) is 0 Å². The van der Waals surface area contributed by atoms with Crippen molar-refractivity contribution in [1.82, 2.24) is 9.57 Å². The standard InChI is InChI=1S/C52H61ClN7O9P/c1-8-57(43-21-19-42(20-22-43)55-56-49-28-23-44(60(63)64)33-48(49)53)31-29-51(34-47(35-58(51)50(61)62)69-70(68-32-12-30-54)59(37(2)3)38(4)5)36-67-52(39-13-10-9-11-14-39,40-15-24-45(65-6)25-16-40)41-17-26-46(66-7)27-18-41/h9-11,13-28,33,37-38,47H,8,12,29,31-32,34-36H2,1-7H3,(H,61,62)/t47-,51+,70?/m1/s1. The minimum absolute atomic E-state index is 0.0323. The number of nitrogens with zero attached hydrogens (tertiary/aromatic N) is 7. The molecule has 1 fully saturated rings. The zero-order chi connectivity index (χ0) is 50.4. The van der Waals surface area contributed by atoms with Crippen LogP contribution in [0.5, 0.6) is 11.5 Å². The summed E-state index contributed by atoms with van der Waals surface area (Å²) in [5.74, 6) is 1.33. The Hall–Kier alpha value is -6.18. The molecule has 0 radical (unpaired) electrons. The highest BCUT2D eigenvalue weighted by molar-refractivity contribution is 7.44. The summed E-state index contributed by atoms with van der Waals surface area (Å²) in [5.41, 5.74) is 1.59. The molecule has 1 saturated heterocycles. The highest BCUT2D eigenvalue weighted by Gasteiger charge is 2.52. The van der Waals surface area contributed by atoms with Crippen LogP contribution in [0.1, 0.15) is 70.6 Å². The number of carbonyl (C=O) groups is 1.